The molecule has 0 atom stereocenters. The minimum Gasteiger partial charge on any atom is -0.508 e. The third-order valence-corrected chi connectivity index (χ3v) is 3.19. The summed E-state index contributed by atoms with van der Waals surface area (Å²) < 4.78 is 2.58. The number of carbonyl (C=O) groups excluding carboxylic acids is 1. The molecule has 0 aliphatic heterocycles. The van der Waals surface area contributed by atoms with Crippen molar-refractivity contribution < 1.29 is 9.90 Å². The molecule has 5 heteroatoms. The lowest BCUT2D eigenvalue weighted by atomic mass is 10.2. The smallest absolute Gasteiger partial charge is 0.272 e. The lowest BCUT2D eigenvalue weighted by Gasteiger charge is -2.09. The van der Waals surface area contributed by atoms with E-state index in [1.807, 2.05) is 6.20 Å². The Morgan fingerprint density at radius 2 is 2.17 bits per heavy atom. The van der Waals surface area contributed by atoms with E-state index in [1.54, 1.807) is 42.8 Å². The monoisotopic (exact) mass is 308 g/mol. The van der Waals surface area contributed by atoms with E-state index in [0.717, 1.165) is 4.47 Å². The molecule has 1 aromatic carbocycles. The number of anilines is 1. The van der Waals surface area contributed by atoms with Gasteiger partial charge in [-0.2, -0.15) is 0 Å². The fourth-order valence-electron chi connectivity index (χ4n) is 1.70. The molecular weight excluding hydrogens is 296 g/mol. The summed E-state index contributed by atoms with van der Waals surface area (Å²) in [5.74, 6) is -0.0437. The van der Waals surface area contributed by atoms with Crippen molar-refractivity contribution in [3.63, 3.8) is 0 Å². The summed E-state index contributed by atoms with van der Waals surface area (Å²) in [4.78, 5) is 12.1. The van der Waals surface area contributed by atoms with Crippen molar-refractivity contribution in [3.8, 4) is 5.75 Å². The van der Waals surface area contributed by atoms with Gasteiger partial charge < -0.3 is 15.0 Å². The van der Waals surface area contributed by atoms with Crippen LogP contribution in [-0.4, -0.2) is 15.6 Å². The molecule has 0 fully saturated rings. The second kappa shape index (κ2) is 4.86. The maximum absolute atomic E-state index is 12.1. The van der Waals surface area contributed by atoms with Crippen molar-refractivity contribution in [2.24, 2.45) is 7.05 Å². The Kier molecular flexibility index (Phi) is 3.43. The quantitative estimate of drug-likeness (QED) is 0.896. The predicted molar refractivity (Wildman–Crippen MR) is 73.9 cm³/mol. The zero-order valence-corrected chi connectivity index (χ0v) is 11.7. The molecule has 1 heterocycles. The van der Waals surface area contributed by atoms with Gasteiger partial charge in [0.15, 0.2) is 0 Å². The number of aryl methyl sites for hydroxylation is 1. The summed E-state index contributed by atoms with van der Waals surface area (Å²) in [5, 5.41) is 12.4. The highest BCUT2D eigenvalue weighted by atomic mass is 79.9. The standard InChI is InChI=1S/C13H13BrN2O2/c1-8-10(4-3-5-12(8)17)15-13(18)11-6-9(14)7-16(11)2/h3-7,17H,1-2H3,(H,15,18). The number of aromatic hydroxyl groups is 1. The van der Waals surface area contributed by atoms with Crippen LogP contribution in [0.15, 0.2) is 34.9 Å². The summed E-state index contributed by atoms with van der Waals surface area (Å²) >= 11 is 3.32. The summed E-state index contributed by atoms with van der Waals surface area (Å²) in [7, 11) is 1.80. The number of phenolic OH excluding ortho intramolecular Hbond substituents is 1. The van der Waals surface area contributed by atoms with E-state index in [9.17, 15) is 9.90 Å². The Morgan fingerprint density at radius 3 is 2.78 bits per heavy atom. The summed E-state index contributed by atoms with van der Waals surface area (Å²) in [6.07, 6.45) is 1.81. The van der Waals surface area contributed by atoms with Gasteiger partial charge in [-0.25, -0.2) is 0 Å². The Morgan fingerprint density at radius 1 is 1.44 bits per heavy atom. The van der Waals surface area contributed by atoms with Crippen LogP contribution in [0.5, 0.6) is 5.75 Å². The summed E-state index contributed by atoms with van der Waals surface area (Å²) in [5.41, 5.74) is 1.81. The van der Waals surface area contributed by atoms with Gasteiger partial charge in [0.25, 0.3) is 5.91 Å². The Bertz CT molecular complexity index is 605. The highest BCUT2D eigenvalue weighted by Gasteiger charge is 2.13. The molecule has 0 saturated carbocycles. The number of nitrogens with zero attached hydrogens (tertiary/aromatic N) is 1. The zero-order valence-electron chi connectivity index (χ0n) is 10.1. The van der Waals surface area contributed by atoms with Crippen LogP contribution in [0, 0.1) is 6.92 Å². The fourth-order valence-corrected chi connectivity index (χ4v) is 2.22. The third kappa shape index (κ3) is 2.41. The van der Waals surface area contributed by atoms with Crippen LogP contribution in [0.4, 0.5) is 5.69 Å². The van der Waals surface area contributed by atoms with Gasteiger partial charge in [0, 0.05) is 29.0 Å². The molecule has 0 spiro atoms. The molecular formula is C13H13BrN2O2. The second-order valence-electron chi connectivity index (χ2n) is 4.06. The van der Waals surface area contributed by atoms with E-state index >= 15 is 0 Å². The van der Waals surface area contributed by atoms with Crippen molar-refractivity contribution in [3.05, 3.63) is 46.2 Å². The number of hydrogen-bond donors (Lipinski definition) is 2. The molecule has 0 radical (unpaired) electrons. The van der Waals surface area contributed by atoms with Crippen molar-refractivity contribution >= 4 is 27.5 Å². The van der Waals surface area contributed by atoms with Crippen molar-refractivity contribution in [1.29, 1.82) is 0 Å². The van der Waals surface area contributed by atoms with Gasteiger partial charge in [0.2, 0.25) is 0 Å². The zero-order chi connectivity index (χ0) is 13.3. The number of amides is 1. The van der Waals surface area contributed by atoms with Crippen LogP contribution < -0.4 is 5.32 Å². The number of nitrogens with one attached hydrogen (secondary N) is 1. The molecule has 2 rings (SSSR count). The molecule has 1 amide bonds. The molecule has 0 unspecified atom stereocenters. The van der Waals surface area contributed by atoms with Gasteiger partial charge in [-0.3, -0.25) is 4.79 Å². The normalized spacial score (nSPS) is 10.4. The summed E-state index contributed by atoms with van der Waals surface area (Å²) in [6, 6.07) is 6.78. The second-order valence-corrected chi connectivity index (χ2v) is 4.97. The lowest BCUT2D eigenvalue weighted by Crippen LogP contribution is -2.15. The molecule has 2 aromatic rings. The molecule has 94 valence electrons. The molecule has 4 nitrogen and oxygen atoms in total. The first-order valence-corrected chi connectivity index (χ1v) is 6.20. The SMILES string of the molecule is Cc1c(O)cccc1NC(=O)c1cc(Br)cn1C. The third-order valence-electron chi connectivity index (χ3n) is 2.76. The molecule has 0 bridgehead atoms. The van der Waals surface area contributed by atoms with Crippen molar-refractivity contribution in [2.45, 2.75) is 6.92 Å². The molecule has 0 aliphatic rings. The molecule has 0 saturated heterocycles. The van der Waals surface area contributed by atoms with Gasteiger partial charge in [-0.15, -0.1) is 0 Å². The van der Waals surface area contributed by atoms with Gasteiger partial charge in [-0.05, 0) is 41.1 Å². The van der Waals surface area contributed by atoms with E-state index in [-0.39, 0.29) is 11.7 Å². The van der Waals surface area contributed by atoms with Crippen LogP contribution in [0.25, 0.3) is 0 Å². The van der Waals surface area contributed by atoms with E-state index in [4.69, 9.17) is 0 Å². The number of rotatable bonds is 2. The minimum absolute atomic E-state index is 0.167. The van der Waals surface area contributed by atoms with Gasteiger partial charge >= 0.3 is 0 Å². The van der Waals surface area contributed by atoms with Crippen LogP contribution in [0.3, 0.4) is 0 Å². The van der Waals surface area contributed by atoms with Crippen LogP contribution in [0.1, 0.15) is 16.1 Å². The molecule has 18 heavy (non-hydrogen) atoms. The van der Waals surface area contributed by atoms with Crippen LogP contribution in [0.2, 0.25) is 0 Å². The topological polar surface area (TPSA) is 54.3 Å². The first-order valence-electron chi connectivity index (χ1n) is 5.41. The first-order chi connectivity index (χ1) is 8.49. The first kappa shape index (κ1) is 12.7. The number of aromatic nitrogens is 1. The average Bonchev–Trinajstić information content (AvgIpc) is 2.64. The van der Waals surface area contributed by atoms with E-state index in [1.165, 1.54) is 0 Å². The Balaban J connectivity index is 2.27. The number of hydrogen-bond acceptors (Lipinski definition) is 2. The molecule has 0 aliphatic carbocycles. The average molecular weight is 309 g/mol. The highest BCUT2D eigenvalue weighted by molar-refractivity contribution is 9.10. The Hall–Kier alpha value is -1.75. The van der Waals surface area contributed by atoms with Gasteiger partial charge in [0.05, 0.1) is 0 Å². The fraction of sp³-hybridized carbons (Fsp3) is 0.154. The van der Waals surface area contributed by atoms with Crippen LogP contribution >= 0.6 is 15.9 Å². The number of halogens is 1. The van der Waals surface area contributed by atoms with Gasteiger partial charge in [-0.1, -0.05) is 6.07 Å². The molecule has 1 aromatic heterocycles. The van der Waals surface area contributed by atoms with Crippen molar-refractivity contribution in [2.75, 3.05) is 5.32 Å². The lowest BCUT2D eigenvalue weighted by molar-refractivity contribution is 0.101. The maximum atomic E-state index is 12.1. The summed E-state index contributed by atoms with van der Waals surface area (Å²) in [6.45, 7) is 1.76. The highest BCUT2D eigenvalue weighted by Crippen LogP contribution is 2.24. The van der Waals surface area contributed by atoms with Crippen LogP contribution in [-0.2, 0) is 7.05 Å². The maximum Gasteiger partial charge on any atom is 0.272 e. The van der Waals surface area contributed by atoms with E-state index in [0.29, 0.717) is 16.9 Å². The van der Waals surface area contributed by atoms with Crippen molar-refractivity contribution in [1.82, 2.24) is 4.57 Å². The van der Waals surface area contributed by atoms with E-state index in [2.05, 4.69) is 21.2 Å². The molecule has 2 N–H and O–H groups in total. The number of phenols is 1. The Labute approximate surface area is 113 Å². The van der Waals surface area contributed by atoms with Gasteiger partial charge in [0.1, 0.15) is 11.4 Å². The predicted octanol–water partition coefficient (Wildman–Crippen LogP) is 3.05. The largest absolute Gasteiger partial charge is 0.508 e. The minimum atomic E-state index is -0.211. The number of benzene rings is 1. The number of carbonyl (C=O) groups is 1. The van der Waals surface area contributed by atoms with E-state index < -0.39 is 0 Å².